The van der Waals surface area contributed by atoms with Gasteiger partial charge in [0, 0.05) is 5.41 Å². The highest BCUT2D eigenvalue weighted by Gasteiger charge is 2.53. The summed E-state index contributed by atoms with van der Waals surface area (Å²) in [6, 6.07) is -0.768. The van der Waals surface area contributed by atoms with Crippen LogP contribution in [0.25, 0.3) is 0 Å². The van der Waals surface area contributed by atoms with Crippen LogP contribution < -0.4 is 5.73 Å². The number of hydrogen-bond acceptors (Lipinski definition) is 3. The van der Waals surface area contributed by atoms with Crippen molar-refractivity contribution < 1.29 is 14.6 Å². The summed E-state index contributed by atoms with van der Waals surface area (Å²) >= 11 is 0. The summed E-state index contributed by atoms with van der Waals surface area (Å²) in [7, 11) is 0. The van der Waals surface area contributed by atoms with Crippen molar-refractivity contribution in [3.63, 3.8) is 0 Å². The maximum atomic E-state index is 10.8. The van der Waals surface area contributed by atoms with E-state index in [1.807, 2.05) is 0 Å². The van der Waals surface area contributed by atoms with Crippen molar-refractivity contribution in [2.24, 2.45) is 11.1 Å². The number of hydrogen-bond donors (Lipinski definition) is 2. The maximum absolute atomic E-state index is 10.8. The molecule has 0 aromatic carbocycles. The second kappa shape index (κ2) is 3.28. The van der Waals surface area contributed by atoms with E-state index < -0.39 is 12.0 Å². The lowest BCUT2D eigenvalue weighted by atomic mass is 9.85. The Morgan fingerprint density at radius 3 is 2.79 bits per heavy atom. The SMILES string of the molecule is NC(C(=O)O)C1(C2=COCCC2)CC1. The summed E-state index contributed by atoms with van der Waals surface area (Å²) in [6.45, 7) is 0.738. The van der Waals surface area contributed by atoms with Gasteiger partial charge in [0.2, 0.25) is 0 Å². The van der Waals surface area contributed by atoms with Crippen molar-refractivity contribution in [3.8, 4) is 0 Å². The van der Waals surface area contributed by atoms with Crippen LogP contribution in [0.2, 0.25) is 0 Å². The number of carboxylic acids is 1. The molecule has 0 bridgehead atoms. The molecule has 14 heavy (non-hydrogen) atoms. The highest BCUT2D eigenvalue weighted by atomic mass is 16.5. The van der Waals surface area contributed by atoms with Gasteiger partial charge in [-0.3, -0.25) is 4.79 Å². The average Bonchev–Trinajstić information content (AvgIpc) is 2.99. The molecule has 2 rings (SSSR count). The van der Waals surface area contributed by atoms with E-state index in [1.54, 1.807) is 6.26 Å². The summed E-state index contributed by atoms with van der Waals surface area (Å²) in [5.41, 5.74) is 6.50. The molecule has 1 heterocycles. The summed E-state index contributed by atoms with van der Waals surface area (Å²) in [5.74, 6) is -0.908. The van der Waals surface area contributed by atoms with Gasteiger partial charge in [-0.15, -0.1) is 0 Å². The highest BCUT2D eigenvalue weighted by molar-refractivity contribution is 5.76. The molecule has 0 aromatic rings. The number of carbonyl (C=O) groups is 1. The molecule has 0 radical (unpaired) electrons. The summed E-state index contributed by atoms with van der Waals surface area (Å²) in [5, 5.41) is 8.90. The second-order valence-electron chi connectivity index (χ2n) is 4.09. The molecule has 1 saturated carbocycles. The number of nitrogens with two attached hydrogens (primary N) is 1. The van der Waals surface area contributed by atoms with Gasteiger partial charge in [0.25, 0.3) is 0 Å². The smallest absolute Gasteiger partial charge is 0.321 e. The predicted octanol–water partition coefficient (Wildman–Crippen LogP) is 0.873. The lowest BCUT2D eigenvalue weighted by Crippen LogP contribution is -2.40. The van der Waals surface area contributed by atoms with Crippen molar-refractivity contribution in [2.45, 2.75) is 31.7 Å². The Balaban J connectivity index is 2.15. The van der Waals surface area contributed by atoms with Gasteiger partial charge >= 0.3 is 5.97 Å². The third kappa shape index (κ3) is 1.39. The molecule has 1 atom stereocenters. The van der Waals surface area contributed by atoms with Crippen LogP contribution in [-0.4, -0.2) is 23.7 Å². The van der Waals surface area contributed by atoms with E-state index in [2.05, 4.69) is 0 Å². The first-order valence-corrected chi connectivity index (χ1v) is 4.96. The Morgan fingerprint density at radius 1 is 1.64 bits per heavy atom. The van der Waals surface area contributed by atoms with Gasteiger partial charge in [0.15, 0.2) is 0 Å². The number of rotatable bonds is 3. The van der Waals surface area contributed by atoms with Crippen molar-refractivity contribution in [3.05, 3.63) is 11.8 Å². The van der Waals surface area contributed by atoms with E-state index in [0.29, 0.717) is 0 Å². The molecule has 1 aliphatic heterocycles. The summed E-state index contributed by atoms with van der Waals surface area (Å²) in [6.07, 6.45) is 5.39. The average molecular weight is 197 g/mol. The molecule has 78 valence electrons. The summed E-state index contributed by atoms with van der Waals surface area (Å²) in [4.78, 5) is 10.8. The fourth-order valence-electron chi connectivity index (χ4n) is 2.13. The minimum absolute atomic E-state index is 0.285. The van der Waals surface area contributed by atoms with E-state index >= 15 is 0 Å². The molecular formula is C10H15NO3. The van der Waals surface area contributed by atoms with Crippen molar-refractivity contribution >= 4 is 5.97 Å². The van der Waals surface area contributed by atoms with Crippen molar-refractivity contribution in [2.75, 3.05) is 6.61 Å². The number of aliphatic carboxylic acids is 1. The monoisotopic (exact) mass is 197 g/mol. The lowest BCUT2D eigenvalue weighted by molar-refractivity contribution is -0.139. The minimum atomic E-state index is -0.908. The fourth-order valence-corrected chi connectivity index (χ4v) is 2.13. The van der Waals surface area contributed by atoms with Gasteiger partial charge < -0.3 is 15.6 Å². The number of carboxylic acid groups (broad SMARTS) is 1. The van der Waals surface area contributed by atoms with E-state index in [9.17, 15) is 4.79 Å². The third-order valence-electron chi connectivity index (χ3n) is 3.22. The fraction of sp³-hybridized carbons (Fsp3) is 0.700. The van der Waals surface area contributed by atoms with E-state index in [4.69, 9.17) is 15.6 Å². The summed E-state index contributed by atoms with van der Waals surface area (Å²) < 4.78 is 5.23. The van der Waals surface area contributed by atoms with Crippen LogP contribution in [0, 0.1) is 5.41 Å². The zero-order valence-corrected chi connectivity index (χ0v) is 8.03. The Hall–Kier alpha value is -1.03. The molecule has 3 N–H and O–H groups in total. The Bertz CT molecular complexity index is 281. The Labute approximate surface area is 82.7 Å². The molecule has 0 aromatic heterocycles. The molecule has 0 saturated heterocycles. The minimum Gasteiger partial charge on any atom is -0.501 e. The normalized spacial score (nSPS) is 25.9. The molecule has 0 amide bonds. The van der Waals surface area contributed by atoms with Gasteiger partial charge in [-0.1, -0.05) is 0 Å². The van der Waals surface area contributed by atoms with Gasteiger partial charge in [-0.05, 0) is 31.3 Å². The quantitative estimate of drug-likeness (QED) is 0.704. The van der Waals surface area contributed by atoms with Crippen LogP contribution >= 0.6 is 0 Å². The standard InChI is InChI=1S/C10H15NO3/c11-8(9(12)13)10(3-4-10)7-2-1-5-14-6-7/h6,8H,1-5,11H2,(H,12,13). The highest BCUT2D eigenvalue weighted by Crippen LogP contribution is 2.55. The van der Waals surface area contributed by atoms with E-state index in [0.717, 1.165) is 37.9 Å². The van der Waals surface area contributed by atoms with Gasteiger partial charge in [-0.25, -0.2) is 0 Å². The first-order chi connectivity index (χ1) is 6.67. The Kier molecular flexibility index (Phi) is 2.23. The van der Waals surface area contributed by atoms with Crippen LogP contribution in [0.1, 0.15) is 25.7 Å². The van der Waals surface area contributed by atoms with E-state index in [-0.39, 0.29) is 5.41 Å². The molecule has 1 unspecified atom stereocenters. The maximum Gasteiger partial charge on any atom is 0.321 e. The molecular weight excluding hydrogens is 182 g/mol. The number of ether oxygens (including phenoxy) is 1. The van der Waals surface area contributed by atoms with Crippen molar-refractivity contribution in [1.82, 2.24) is 0 Å². The molecule has 4 nitrogen and oxygen atoms in total. The van der Waals surface area contributed by atoms with Crippen LogP contribution in [0.3, 0.4) is 0 Å². The van der Waals surface area contributed by atoms with Crippen molar-refractivity contribution in [1.29, 1.82) is 0 Å². The largest absolute Gasteiger partial charge is 0.501 e. The molecule has 0 spiro atoms. The third-order valence-corrected chi connectivity index (χ3v) is 3.22. The van der Waals surface area contributed by atoms with Gasteiger partial charge in [0.1, 0.15) is 6.04 Å². The molecule has 2 aliphatic rings. The second-order valence-corrected chi connectivity index (χ2v) is 4.09. The van der Waals surface area contributed by atoms with Gasteiger partial charge in [0.05, 0.1) is 12.9 Å². The van der Waals surface area contributed by atoms with Crippen LogP contribution in [0.15, 0.2) is 11.8 Å². The Morgan fingerprint density at radius 2 is 2.36 bits per heavy atom. The first kappa shape index (κ1) is 9.52. The molecule has 1 aliphatic carbocycles. The zero-order valence-electron chi connectivity index (χ0n) is 8.03. The lowest BCUT2D eigenvalue weighted by Gasteiger charge is -2.25. The van der Waals surface area contributed by atoms with Gasteiger partial charge in [-0.2, -0.15) is 0 Å². The molecule has 1 fully saturated rings. The zero-order chi connectivity index (χ0) is 10.2. The van der Waals surface area contributed by atoms with Crippen LogP contribution in [0.4, 0.5) is 0 Å². The topological polar surface area (TPSA) is 72.6 Å². The molecule has 4 heteroatoms. The van der Waals surface area contributed by atoms with Crippen LogP contribution in [-0.2, 0) is 9.53 Å². The predicted molar refractivity (Wildman–Crippen MR) is 50.5 cm³/mol. The first-order valence-electron chi connectivity index (χ1n) is 4.96. The van der Waals surface area contributed by atoms with E-state index in [1.165, 1.54) is 0 Å². The van der Waals surface area contributed by atoms with Crippen LogP contribution in [0.5, 0.6) is 0 Å².